The molecule has 1 aliphatic rings. The summed E-state index contributed by atoms with van der Waals surface area (Å²) in [4.78, 5) is 0. The van der Waals surface area contributed by atoms with Crippen LogP contribution < -0.4 is 5.32 Å². The molecule has 0 saturated heterocycles. The third-order valence-electron chi connectivity index (χ3n) is 1.92. The van der Waals surface area contributed by atoms with Crippen LogP contribution in [0, 0.1) is 5.92 Å². The Morgan fingerprint density at radius 3 is 2.00 bits per heavy atom. The van der Waals surface area contributed by atoms with Crippen molar-refractivity contribution < 1.29 is 0 Å². The van der Waals surface area contributed by atoms with Gasteiger partial charge in [-0.2, -0.15) is 0 Å². The van der Waals surface area contributed by atoms with E-state index in [0.717, 1.165) is 5.92 Å². The Balaban J connectivity index is 0.000000371. The van der Waals surface area contributed by atoms with E-state index in [1.807, 2.05) is 20.9 Å². The van der Waals surface area contributed by atoms with E-state index in [-0.39, 0.29) is 0 Å². The number of hydrogen-bond donors (Lipinski definition) is 1. The first-order valence-electron chi connectivity index (χ1n) is 4.21. The zero-order chi connectivity index (χ0) is 7.98. The van der Waals surface area contributed by atoms with E-state index in [2.05, 4.69) is 11.9 Å². The SMILES string of the molecule is C=C(NC)C1CCC1.CC. The highest BCUT2D eigenvalue weighted by Gasteiger charge is 2.18. The van der Waals surface area contributed by atoms with Gasteiger partial charge in [-0.25, -0.2) is 0 Å². The second-order valence-electron chi connectivity index (χ2n) is 2.40. The Kier molecular flexibility index (Phi) is 5.09. The van der Waals surface area contributed by atoms with Gasteiger partial charge in [0, 0.05) is 12.7 Å². The molecule has 1 N–H and O–H groups in total. The predicted molar refractivity (Wildman–Crippen MR) is 46.9 cm³/mol. The zero-order valence-corrected chi connectivity index (χ0v) is 7.41. The summed E-state index contributed by atoms with van der Waals surface area (Å²) in [5.74, 6) is 0.792. The van der Waals surface area contributed by atoms with E-state index in [4.69, 9.17) is 0 Å². The highest BCUT2D eigenvalue weighted by molar-refractivity contribution is 5.00. The molecule has 1 aliphatic carbocycles. The van der Waals surface area contributed by atoms with Crippen LogP contribution in [-0.2, 0) is 0 Å². The summed E-state index contributed by atoms with van der Waals surface area (Å²) in [7, 11) is 1.95. The molecule has 0 heterocycles. The highest BCUT2D eigenvalue weighted by Crippen LogP contribution is 2.30. The van der Waals surface area contributed by atoms with Gasteiger partial charge in [-0.3, -0.25) is 0 Å². The van der Waals surface area contributed by atoms with Crippen molar-refractivity contribution in [2.75, 3.05) is 7.05 Å². The largest absolute Gasteiger partial charge is 0.392 e. The number of rotatable bonds is 2. The van der Waals surface area contributed by atoms with Crippen LogP contribution in [0.15, 0.2) is 12.3 Å². The molecule has 0 unspecified atom stereocenters. The topological polar surface area (TPSA) is 12.0 Å². The maximum atomic E-state index is 3.88. The third kappa shape index (κ3) is 2.42. The molecule has 0 spiro atoms. The van der Waals surface area contributed by atoms with Crippen molar-refractivity contribution in [2.45, 2.75) is 33.1 Å². The Bertz CT molecular complexity index is 92.9. The second-order valence-corrected chi connectivity index (χ2v) is 2.40. The van der Waals surface area contributed by atoms with Gasteiger partial charge >= 0.3 is 0 Å². The fourth-order valence-electron chi connectivity index (χ4n) is 0.961. The van der Waals surface area contributed by atoms with Crippen molar-refractivity contribution in [1.29, 1.82) is 0 Å². The van der Waals surface area contributed by atoms with E-state index in [0.29, 0.717) is 0 Å². The summed E-state index contributed by atoms with van der Waals surface area (Å²) >= 11 is 0. The van der Waals surface area contributed by atoms with Crippen LogP contribution in [-0.4, -0.2) is 7.05 Å². The normalized spacial score (nSPS) is 16.3. The van der Waals surface area contributed by atoms with Gasteiger partial charge in [-0.05, 0) is 18.8 Å². The van der Waals surface area contributed by atoms with E-state index >= 15 is 0 Å². The molecule has 0 aromatic rings. The number of nitrogens with one attached hydrogen (secondary N) is 1. The van der Waals surface area contributed by atoms with Gasteiger partial charge in [0.2, 0.25) is 0 Å². The molecule has 0 atom stereocenters. The van der Waals surface area contributed by atoms with Crippen LogP contribution in [0.2, 0.25) is 0 Å². The summed E-state index contributed by atoms with van der Waals surface area (Å²) in [6.07, 6.45) is 4.09. The summed E-state index contributed by atoms with van der Waals surface area (Å²) < 4.78 is 0. The first kappa shape index (κ1) is 9.54. The van der Waals surface area contributed by atoms with Gasteiger partial charge in [0.25, 0.3) is 0 Å². The lowest BCUT2D eigenvalue weighted by atomic mass is 9.83. The minimum absolute atomic E-state index is 0.792. The van der Waals surface area contributed by atoms with E-state index < -0.39 is 0 Å². The van der Waals surface area contributed by atoms with Crippen molar-refractivity contribution in [3.63, 3.8) is 0 Å². The molecule has 10 heavy (non-hydrogen) atoms. The quantitative estimate of drug-likeness (QED) is 0.623. The maximum Gasteiger partial charge on any atom is 0.00625 e. The Labute approximate surface area is 64.5 Å². The van der Waals surface area contributed by atoms with Gasteiger partial charge in [-0.1, -0.05) is 26.8 Å². The van der Waals surface area contributed by atoms with Gasteiger partial charge < -0.3 is 5.32 Å². The molecule has 1 fully saturated rings. The fourth-order valence-corrected chi connectivity index (χ4v) is 0.961. The summed E-state index contributed by atoms with van der Waals surface area (Å²) in [5, 5.41) is 3.07. The lowest BCUT2D eigenvalue weighted by molar-refractivity contribution is 0.355. The maximum absolute atomic E-state index is 3.88. The minimum atomic E-state index is 0.792. The van der Waals surface area contributed by atoms with Crippen molar-refractivity contribution in [2.24, 2.45) is 5.92 Å². The molecule has 1 heteroatoms. The van der Waals surface area contributed by atoms with Crippen LogP contribution in [0.1, 0.15) is 33.1 Å². The van der Waals surface area contributed by atoms with Gasteiger partial charge in [-0.15, -0.1) is 0 Å². The Morgan fingerprint density at radius 1 is 1.40 bits per heavy atom. The molecule has 60 valence electrons. The molecule has 1 saturated carbocycles. The third-order valence-corrected chi connectivity index (χ3v) is 1.92. The van der Waals surface area contributed by atoms with Crippen molar-refractivity contribution in [3.05, 3.63) is 12.3 Å². The Hall–Kier alpha value is -0.460. The van der Waals surface area contributed by atoms with Gasteiger partial charge in [0.15, 0.2) is 0 Å². The van der Waals surface area contributed by atoms with Gasteiger partial charge in [0.05, 0.1) is 0 Å². The molecule has 0 aromatic heterocycles. The first-order chi connectivity index (χ1) is 4.84. The lowest BCUT2D eigenvalue weighted by Gasteiger charge is -2.26. The van der Waals surface area contributed by atoms with E-state index in [9.17, 15) is 0 Å². The standard InChI is InChI=1S/C7H13N.C2H6/c1-6(8-2)7-4-3-5-7;1-2/h7-8H,1,3-5H2,2H3;1-2H3. The summed E-state index contributed by atoms with van der Waals surface area (Å²) in [5.41, 5.74) is 1.22. The van der Waals surface area contributed by atoms with Crippen molar-refractivity contribution in [3.8, 4) is 0 Å². The second kappa shape index (κ2) is 5.33. The molecule has 0 aliphatic heterocycles. The van der Waals surface area contributed by atoms with Crippen LogP contribution >= 0.6 is 0 Å². The van der Waals surface area contributed by atoms with Crippen molar-refractivity contribution in [1.82, 2.24) is 5.32 Å². The number of hydrogen-bond acceptors (Lipinski definition) is 1. The van der Waals surface area contributed by atoms with E-state index in [1.54, 1.807) is 0 Å². The zero-order valence-electron chi connectivity index (χ0n) is 7.41. The van der Waals surface area contributed by atoms with Crippen LogP contribution in [0.5, 0.6) is 0 Å². The average molecular weight is 141 g/mol. The smallest absolute Gasteiger partial charge is 0.00625 e. The Morgan fingerprint density at radius 2 is 1.90 bits per heavy atom. The fraction of sp³-hybridized carbons (Fsp3) is 0.778. The first-order valence-corrected chi connectivity index (χ1v) is 4.21. The van der Waals surface area contributed by atoms with E-state index in [1.165, 1.54) is 25.0 Å². The van der Waals surface area contributed by atoms with Crippen LogP contribution in [0.25, 0.3) is 0 Å². The highest BCUT2D eigenvalue weighted by atomic mass is 14.8. The summed E-state index contributed by atoms with van der Waals surface area (Å²) in [6.45, 7) is 7.88. The molecule has 0 aromatic carbocycles. The molecule has 1 rings (SSSR count). The molecule has 0 radical (unpaired) electrons. The lowest BCUT2D eigenvalue weighted by Crippen LogP contribution is -2.20. The monoisotopic (exact) mass is 141 g/mol. The summed E-state index contributed by atoms with van der Waals surface area (Å²) in [6, 6.07) is 0. The van der Waals surface area contributed by atoms with Crippen LogP contribution in [0.3, 0.4) is 0 Å². The minimum Gasteiger partial charge on any atom is -0.392 e. The van der Waals surface area contributed by atoms with Crippen molar-refractivity contribution >= 4 is 0 Å². The molecule has 1 nitrogen and oxygen atoms in total. The molecular formula is C9H19N. The van der Waals surface area contributed by atoms with Crippen LogP contribution in [0.4, 0.5) is 0 Å². The number of allylic oxidation sites excluding steroid dienone is 1. The predicted octanol–water partition coefficient (Wildman–Crippen LogP) is 2.55. The molecule has 0 amide bonds. The average Bonchev–Trinajstić information content (AvgIpc) is 1.89. The van der Waals surface area contributed by atoms with Gasteiger partial charge in [0.1, 0.15) is 0 Å². The molecular weight excluding hydrogens is 122 g/mol. The molecule has 0 bridgehead atoms.